The molecule has 3 heterocycles. The van der Waals surface area contributed by atoms with E-state index < -0.39 is 0 Å². The van der Waals surface area contributed by atoms with Crippen molar-refractivity contribution in [3.8, 4) is 44.1 Å². The number of hydrogen-bond donors (Lipinski definition) is 0. The van der Waals surface area contributed by atoms with Crippen molar-refractivity contribution in [1.82, 2.24) is 9.97 Å². The van der Waals surface area contributed by atoms with Crippen LogP contribution in [-0.2, 0) is 21.1 Å². The molecule has 9 rings (SSSR count). The number of rotatable bonds is 4. The molecule has 0 radical (unpaired) electrons. The molecule has 0 N–H and O–H groups in total. The molecule has 0 aliphatic carbocycles. The van der Waals surface area contributed by atoms with Crippen molar-refractivity contribution < 1.29 is 21.1 Å². The van der Waals surface area contributed by atoms with Gasteiger partial charge in [-0.3, -0.25) is 0 Å². The van der Waals surface area contributed by atoms with Crippen LogP contribution >= 0.6 is 11.3 Å². The molecule has 0 saturated carbocycles. The van der Waals surface area contributed by atoms with Crippen molar-refractivity contribution in [3.05, 3.63) is 180 Å². The fourth-order valence-electron chi connectivity index (χ4n) is 7.22. The summed E-state index contributed by atoms with van der Waals surface area (Å²) in [6.07, 6.45) is 2.03. The molecule has 0 unspecified atom stereocenters. The first-order chi connectivity index (χ1) is 24.9. The number of thiophene rings is 1. The van der Waals surface area contributed by atoms with Gasteiger partial charge in [0.05, 0.1) is 0 Å². The van der Waals surface area contributed by atoms with Crippen molar-refractivity contribution >= 4 is 43.0 Å². The molecule has 0 bridgehead atoms. The molecule has 0 amide bonds. The van der Waals surface area contributed by atoms with Crippen LogP contribution < -0.4 is 0 Å². The molecule has 2 nitrogen and oxygen atoms in total. The van der Waals surface area contributed by atoms with E-state index in [1.54, 1.807) is 11.3 Å². The van der Waals surface area contributed by atoms with E-state index in [1.807, 2.05) is 31.3 Å². The van der Waals surface area contributed by atoms with Crippen LogP contribution in [0.3, 0.4) is 0 Å². The molecule has 0 spiro atoms. The summed E-state index contributed by atoms with van der Waals surface area (Å²) in [6, 6.07) is 55.7. The second kappa shape index (κ2) is 15.2. The summed E-state index contributed by atoms with van der Waals surface area (Å²) >= 11 is 1.75. The summed E-state index contributed by atoms with van der Waals surface area (Å²) in [7, 11) is 0. The number of benzene rings is 6. The Labute approximate surface area is 324 Å². The Morgan fingerprint density at radius 1 is 0.596 bits per heavy atom. The maximum absolute atomic E-state index is 4.93. The van der Waals surface area contributed by atoms with Gasteiger partial charge in [0, 0.05) is 23.1 Å². The first-order valence-electron chi connectivity index (χ1n) is 17.2. The zero-order chi connectivity index (χ0) is 34.9. The quantitative estimate of drug-likeness (QED) is 0.165. The van der Waals surface area contributed by atoms with E-state index in [9.17, 15) is 0 Å². The van der Waals surface area contributed by atoms with Crippen molar-refractivity contribution in [2.45, 2.75) is 27.7 Å². The third-order valence-corrected chi connectivity index (χ3v) is 10.5. The van der Waals surface area contributed by atoms with E-state index in [0.717, 1.165) is 32.9 Å². The molecule has 0 saturated heterocycles. The topological polar surface area (TPSA) is 25.8 Å². The summed E-state index contributed by atoms with van der Waals surface area (Å²) in [4.78, 5) is 10.7. The average molecular weight is 868 g/mol. The average Bonchev–Trinajstić information content (AvgIpc) is 3.59. The van der Waals surface area contributed by atoms with Crippen LogP contribution in [-0.4, -0.2) is 9.97 Å². The van der Waals surface area contributed by atoms with Crippen molar-refractivity contribution in [3.63, 3.8) is 0 Å². The van der Waals surface area contributed by atoms with Crippen LogP contribution in [0.4, 0.5) is 0 Å². The zero-order valence-corrected chi connectivity index (χ0v) is 32.6. The van der Waals surface area contributed by atoms with Gasteiger partial charge in [-0.05, 0) is 76.1 Å². The number of nitrogens with zero attached hydrogens (tertiary/aromatic N) is 2. The normalized spacial score (nSPS) is 10.9. The third kappa shape index (κ3) is 6.87. The van der Waals surface area contributed by atoms with Crippen LogP contribution in [0.5, 0.6) is 0 Å². The Hall–Kier alpha value is -5.21. The Kier molecular flexibility index (Phi) is 10.3. The number of aromatic nitrogens is 2. The second-order valence-electron chi connectivity index (χ2n) is 13.0. The maximum Gasteiger partial charge on any atom is 2.00 e. The standard InChI is InChI=1S/C27H16NS.C21H20N.Pt/c1-3-11-20-18(8-1)10-7-14-21(20)24-17-28-27(23-13-5-4-12-22(23)24)26-16-19-9-2-6-15-25(19)29-26;1-14-12-15(2)21(16(3)13-14)19-10-6-5-9-18(19)20-11-7-8-17(4)22-20;/h1-15,17H;5-8,10-13H,1-4H3;/q2*-1;+2. The maximum atomic E-state index is 4.93. The van der Waals surface area contributed by atoms with Crippen molar-refractivity contribution in [1.29, 1.82) is 0 Å². The van der Waals surface area contributed by atoms with Gasteiger partial charge in [0.15, 0.2) is 0 Å². The molecule has 3 aromatic heterocycles. The SMILES string of the molecule is Cc1cc(C)c(-c2ccc[c-]c2-c2cccc(C)n2)c(C)c1.[Pt+2].[c-]1c(-c2ncc(-c3cccc4ccccc34)c3ccccc23)sc2ccccc12. The molecule has 0 aliphatic rings. The summed E-state index contributed by atoms with van der Waals surface area (Å²) in [5.41, 5.74) is 12.9. The number of hydrogen-bond acceptors (Lipinski definition) is 3. The van der Waals surface area contributed by atoms with Gasteiger partial charge in [-0.2, -0.15) is 0 Å². The molecule has 4 heteroatoms. The summed E-state index contributed by atoms with van der Waals surface area (Å²) in [5.74, 6) is 0. The third-order valence-electron chi connectivity index (χ3n) is 9.38. The molecular weight excluding hydrogens is 832 g/mol. The van der Waals surface area contributed by atoms with Gasteiger partial charge in [-0.1, -0.05) is 131 Å². The largest absolute Gasteiger partial charge is 2.00 e. The number of fused-ring (bicyclic) bond motifs is 3. The summed E-state index contributed by atoms with van der Waals surface area (Å²) < 4.78 is 1.24. The van der Waals surface area contributed by atoms with Crippen LogP contribution in [0.25, 0.3) is 75.7 Å². The molecule has 0 aliphatic heterocycles. The van der Waals surface area contributed by atoms with Crippen molar-refractivity contribution in [2.24, 2.45) is 0 Å². The van der Waals surface area contributed by atoms with E-state index >= 15 is 0 Å². The monoisotopic (exact) mass is 867 g/mol. The Bertz CT molecular complexity index is 2650. The van der Waals surface area contributed by atoms with E-state index in [4.69, 9.17) is 4.98 Å². The molecule has 0 atom stereocenters. The van der Waals surface area contributed by atoms with Crippen molar-refractivity contribution in [2.75, 3.05) is 0 Å². The zero-order valence-electron chi connectivity index (χ0n) is 29.5. The second-order valence-corrected chi connectivity index (χ2v) is 14.1. The molecule has 9 aromatic rings. The smallest absolute Gasteiger partial charge is 0.302 e. The molecule has 6 aromatic carbocycles. The van der Waals surface area contributed by atoms with E-state index in [-0.39, 0.29) is 21.1 Å². The summed E-state index contributed by atoms with van der Waals surface area (Å²) in [6.45, 7) is 8.52. The predicted molar refractivity (Wildman–Crippen MR) is 217 cm³/mol. The minimum absolute atomic E-state index is 0. The van der Waals surface area contributed by atoms with E-state index in [0.29, 0.717) is 0 Å². The molecular formula is C48H36N2PtS. The predicted octanol–water partition coefficient (Wildman–Crippen LogP) is 13.2. The Balaban J connectivity index is 0.000000165. The van der Waals surface area contributed by atoms with Gasteiger partial charge < -0.3 is 9.97 Å². The first-order valence-corrected chi connectivity index (χ1v) is 18.1. The fraction of sp³-hybridized carbons (Fsp3) is 0.0833. The minimum atomic E-state index is 0. The molecule has 0 fully saturated rings. The number of aryl methyl sites for hydroxylation is 4. The van der Waals surface area contributed by atoms with Crippen LogP contribution in [0.1, 0.15) is 22.4 Å². The van der Waals surface area contributed by atoms with Gasteiger partial charge in [0.2, 0.25) is 0 Å². The molecule has 254 valence electrons. The molecule has 52 heavy (non-hydrogen) atoms. The van der Waals surface area contributed by atoms with E-state index in [1.165, 1.54) is 65.2 Å². The Morgan fingerprint density at radius 3 is 2.06 bits per heavy atom. The van der Waals surface area contributed by atoms with Crippen LogP contribution in [0.2, 0.25) is 0 Å². The van der Waals surface area contributed by atoms with Gasteiger partial charge in [-0.25, -0.2) is 11.3 Å². The number of pyridine rings is 2. The first kappa shape index (κ1) is 35.2. The van der Waals surface area contributed by atoms with Gasteiger partial charge in [-0.15, -0.1) is 53.4 Å². The van der Waals surface area contributed by atoms with Gasteiger partial charge in [0.1, 0.15) is 0 Å². The summed E-state index contributed by atoms with van der Waals surface area (Å²) in [5, 5.41) is 6.04. The Morgan fingerprint density at radius 2 is 1.27 bits per heavy atom. The fourth-order valence-corrected chi connectivity index (χ4v) is 8.23. The van der Waals surface area contributed by atoms with Gasteiger partial charge in [0.25, 0.3) is 0 Å². The minimum Gasteiger partial charge on any atom is -0.302 e. The van der Waals surface area contributed by atoms with Crippen LogP contribution in [0, 0.1) is 39.8 Å². The van der Waals surface area contributed by atoms with Gasteiger partial charge >= 0.3 is 21.1 Å². The van der Waals surface area contributed by atoms with E-state index in [2.05, 4.69) is 159 Å². The van der Waals surface area contributed by atoms with Crippen LogP contribution in [0.15, 0.2) is 146 Å².